The number of amides is 2. The summed E-state index contributed by atoms with van der Waals surface area (Å²) < 4.78 is 4.76. The number of nitrogens with one attached hydrogen (secondary N) is 1. The number of likely N-dealkylation sites (tertiary alicyclic amines) is 1. The van der Waals surface area contributed by atoms with Gasteiger partial charge in [0.2, 0.25) is 11.8 Å². The van der Waals surface area contributed by atoms with E-state index in [4.69, 9.17) is 4.74 Å². The predicted molar refractivity (Wildman–Crippen MR) is 96.8 cm³/mol. The second-order valence-electron chi connectivity index (χ2n) is 7.58. The first kappa shape index (κ1) is 21.5. The normalized spacial score (nSPS) is 17.6. The molecule has 144 valence electrons. The van der Waals surface area contributed by atoms with Gasteiger partial charge in [-0.2, -0.15) is 0 Å². The average Bonchev–Trinajstić information content (AvgIpc) is 2.82. The van der Waals surface area contributed by atoms with Crippen molar-refractivity contribution < 1.29 is 19.1 Å². The molecule has 0 aliphatic carbocycles. The summed E-state index contributed by atoms with van der Waals surface area (Å²) in [5.41, 5.74) is 0. The molecule has 0 aromatic heterocycles. The number of hydrogen-bond acceptors (Lipinski definition) is 4. The fraction of sp³-hybridized carbons (Fsp3) is 0.842. The lowest BCUT2D eigenvalue weighted by Gasteiger charge is -2.23. The van der Waals surface area contributed by atoms with E-state index in [-0.39, 0.29) is 30.1 Å². The monoisotopic (exact) mass is 354 g/mol. The first-order chi connectivity index (χ1) is 11.8. The third-order valence-corrected chi connectivity index (χ3v) is 4.54. The molecule has 1 saturated heterocycles. The average molecular weight is 354 g/mol. The Morgan fingerprint density at radius 1 is 1.00 bits per heavy atom. The van der Waals surface area contributed by atoms with Crippen molar-refractivity contribution in [3.8, 4) is 0 Å². The van der Waals surface area contributed by atoms with Gasteiger partial charge in [0, 0.05) is 25.9 Å². The predicted octanol–water partition coefficient (Wildman–Crippen LogP) is 2.51. The van der Waals surface area contributed by atoms with Gasteiger partial charge in [0.05, 0.1) is 7.11 Å². The van der Waals surface area contributed by atoms with Gasteiger partial charge in [0.1, 0.15) is 6.04 Å². The van der Waals surface area contributed by atoms with Crippen LogP contribution in [0, 0.1) is 11.8 Å². The molecule has 1 fully saturated rings. The molecule has 0 aromatic carbocycles. The second kappa shape index (κ2) is 11.1. The summed E-state index contributed by atoms with van der Waals surface area (Å²) in [4.78, 5) is 38.3. The summed E-state index contributed by atoms with van der Waals surface area (Å²) in [5.74, 6) is -0.268. The highest BCUT2D eigenvalue weighted by Gasteiger charge is 2.24. The summed E-state index contributed by atoms with van der Waals surface area (Å²) in [6.45, 7) is 7.55. The summed E-state index contributed by atoms with van der Waals surface area (Å²) in [6.07, 6.45) is 5.66. The zero-order valence-electron chi connectivity index (χ0n) is 16.2. The lowest BCUT2D eigenvalue weighted by Crippen LogP contribution is -2.43. The quantitative estimate of drug-likeness (QED) is 0.680. The van der Waals surface area contributed by atoms with Crippen LogP contribution in [0.1, 0.15) is 65.7 Å². The molecule has 25 heavy (non-hydrogen) atoms. The van der Waals surface area contributed by atoms with Crippen molar-refractivity contribution in [3.05, 3.63) is 0 Å². The van der Waals surface area contributed by atoms with Crippen LogP contribution in [-0.4, -0.2) is 48.9 Å². The maximum atomic E-state index is 12.4. The van der Waals surface area contributed by atoms with Gasteiger partial charge >= 0.3 is 5.97 Å². The topological polar surface area (TPSA) is 75.7 Å². The molecule has 0 spiro atoms. The van der Waals surface area contributed by atoms with E-state index in [0.717, 1.165) is 25.9 Å². The van der Waals surface area contributed by atoms with Crippen LogP contribution in [0.5, 0.6) is 0 Å². The molecule has 0 radical (unpaired) electrons. The van der Waals surface area contributed by atoms with Gasteiger partial charge < -0.3 is 15.0 Å². The molecule has 1 aliphatic rings. The van der Waals surface area contributed by atoms with Crippen LogP contribution < -0.4 is 5.32 Å². The Hall–Kier alpha value is -1.59. The van der Waals surface area contributed by atoms with Crippen LogP contribution >= 0.6 is 0 Å². The summed E-state index contributed by atoms with van der Waals surface area (Å²) in [6, 6.07) is -0.619. The van der Waals surface area contributed by atoms with Crippen LogP contribution in [0.3, 0.4) is 0 Å². The third kappa shape index (κ3) is 8.36. The largest absolute Gasteiger partial charge is 0.467 e. The number of hydrogen-bond donors (Lipinski definition) is 1. The fourth-order valence-corrected chi connectivity index (χ4v) is 3.22. The molecule has 0 unspecified atom stereocenters. The van der Waals surface area contributed by atoms with Crippen LogP contribution in [0.15, 0.2) is 0 Å². The Morgan fingerprint density at radius 3 is 2.12 bits per heavy atom. The summed E-state index contributed by atoms with van der Waals surface area (Å²) in [5, 5.41) is 2.75. The Bertz CT molecular complexity index is 443. The van der Waals surface area contributed by atoms with Crippen LogP contribution in [0.4, 0.5) is 0 Å². The van der Waals surface area contributed by atoms with Crippen LogP contribution in [0.25, 0.3) is 0 Å². The molecule has 1 aliphatic heterocycles. The van der Waals surface area contributed by atoms with E-state index in [1.165, 1.54) is 20.0 Å². The second-order valence-corrected chi connectivity index (χ2v) is 7.58. The number of methoxy groups -OCH3 is 1. The van der Waals surface area contributed by atoms with Gasteiger partial charge in [-0.15, -0.1) is 0 Å². The maximum Gasteiger partial charge on any atom is 0.328 e. The van der Waals surface area contributed by atoms with Gasteiger partial charge in [-0.1, -0.05) is 33.6 Å². The number of rotatable bonds is 8. The van der Waals surface area contributed by atoms with E-state index in [0.29, 0.717) is 12.8 Å². The minimum Gasteiger partial charge on any atom is -0.467 e. The Labute approximate surface area is 151 Å². The van der Waals surface area contributed by atoms with Crippen molar-refractivity contribution in [3.63, 3.8) is 0 Å². The van der Waals surface area contributed by atoms with E-state index in [2.05, 4.69) is 5.32 Å². The van der Waals surface area contributed by atoms with E-state index < -0.39 is 12.0 Å². The van der Waals surface area contributed by atoms with Gasteiger partial charge in [0.15, 0.2) is 0 Å². The molecule has 6 nitrogen and oxygen atoms in total. The highest BCUT2D eigenvalue weighted by Crippen LogP contribution is 2.15. The van der Waals surface area contributed by atoms with E-state index in [1.807, 2.05) is 25.7 Å². The molecule has 1 heterocycles. The number of nitrogens with zero attached hydrogens (tertiary/aromatic N) is 1. The van der Waals surface area contributed by atoms with Crippen molar-refractivity contribution in [2.75, 3.05) is 20.2 Å². The number of carbonyl (C=O) groups is 3. The highest BCUT2D eigenvalue weighted by molar-refractivity contribution is 5.85. The van der Waals surface area contributed by atoms with Crippen molar-refractivity contribution in [1.82, 2.24) is 10.2 Å². The summed E-state index contributed by atoms with van der Waals surface area (Å²) in [7, 11) is 1.32. The lowest BCUT2D eigenvalue weighted by atomic mass is 10.0. The molecule has 6 heteroatoms. The standard InChI is InChI=1S/C19H34N2O4/c1-14(2)11-16(19(24)25-4)20-17(22)12-15(3)13-18(23)21-9-7-5-6-8-10-21/h14-16H,5-13H2,1-4H3,(H,20,22)/t15-,16+/m1/s1. The number of ether oxygens (including phenoxy) is 1. The van der Waals surface area contributed by atoms with Crippen molar-refractivity contribution in [2.24, 2.45) is 11.8 Å². The van der Waals surface area contributed by atoms with Gasteiger partial charge in [-0.25, -0.2) is 4.79 Å². The fourth-order valence-electron chi connectivity index (χ4n) is 3.22. The Balaban J connectivity index is 2.45. The van der Waals surface area contributed by atoms with Gasteiger partial charge in [-0.05, 0) is 31.1 Å². The third-order valence-electron chi connectivity index (χ3n) is 4.54. The lowest BCUT2D eigenvalue weighted by molar-refractivity contribution is -0.145. The molecule has 0 saturated carbocycles. The molecule has 1 N–H and O–H groups in total. The Kier molecular flexibility index (Phi) is 9.53. The first-order valence-corrected chi connectivity index (χ1v) is 9.48. The minimum atomic E-state index is -0.619. The van der Waals surface area contributed by atoms with Gasteiger partial charge in [0.25, 0.3) is 0 Å². The molecule has 0 aromatic rings. The minimum absolute atomic E-state index is 0.0481. The van der Waals surface area contributed by atoms with Crippen LogP contribution in [0.2, 0.25) is 0 Å². The van der Waals surface area contributed by atoms with Crippen molar-refractivity contribution >= 4 is 17.8 Å². The first-order valence-electron chi connectivity index (χ1n) is 9.48. The summed E-state index contributed by atoms with van der Waals surface area (Å²) >= 11 is 0. The SMILES string of the molecule is COC(=O)[C@H](CC(C)C)NC(=O)C[C@@H](C)CC(=O)N1CCCCCC1. The molecular weight excluding hydrogens is 320 g/mol. The Morgan fingerprint density at radius 2 is 1.60 bits per heavy atom. The molecule has 2 atom stereocenters. The number of esters is 1. The van der Waals surface area contributed by atoms with Crippen molar-refractivity contribution in [2.45, 2.75) is 71.8 Å². The maximum absolute atomic E-state index is 12.4. The number of carbonyl (C=O) groups excluding carboxylic acids is 3. The zero-order chi connectivity index (χ0) is 18.8. The molecular formula is C19H34N2O4. The molecule has 0 bridgehead atoms. The van der Waals surface area contributed by atoms with E-state index in [9.17, 15) is 14.4 Å². The smallest absolute Gasteiger partial charge is 0.328 e. The van der Waals surface area contributed by atoms with E-state index >= 15 is 0 Å². The van der Waals surface area contributed by atoms with Gasteiger partial charge in [-0.3, -0.25) is 9.59 Å². The van der Waals surface area contributed by atoms with Crippen molar-refractivity contribution in [1.29, 1.82) is 0 Å². The molecule has 2 amide bonds. The zero-order valence-corrected chi connectivity index (χ0v) is 16.2. The van der Waals surface area contributed by atoms with E-state index in [1.54, 1.807) is 0 Å². The molecule has 1 rings (SSSR count). The van der Waals surface area contributed by atoms with Crippen LogP contribution in [-0.2, 0) is 19.1 Å². The highest BCUT2D eigenvalue weighted by atomic mass is 16.5.